The molecule has 0 bridgehead atoms. The molecule has 24 heteroatoms. The van der Waals surface area contributed by atoms with Crippen LogP contribution in [0.2, 0.25) is 10.6 Å². The Morgan fingerprint density at radius 2 is 1.00 bits per heavy atom. The number of nitrogens with zero attached hydrogens (tertiary/aromatic N) is 6. The molecule has 256 valence electrons. The molecule has 4 aromatic rings. The smallest absolute Gasteiger partial charge is 0.744 e. The minimum atomic E-state index is -5.08. The second kappa shape index (κ2) is 19.0. The average Bonchev–Trinajstić information content (AvgIpc) is 2.97. The first-order chi connectivity index (χ1) is 22.5. The van der Waals surface area contributed by atoms with E-state index in [1.165, 1.54) is 38.1 Å². The molecule has 50 heavy (non-hydrogen) atoms. The molecule has 0 spiro atoms. The Kier molecular flexibility index (Phi) is 16.7. The first kappa shape index (κ1) is 43.9. The molecule has 2 atom stereocenters. The van der Waals surface area contributed by atoms with Crippen molar-refractivity contribution in [3.8, 4) is 0 Å². The molecule has 2 unspecified atom stereocenters. The van der Waals surface area contributed by atoms with Crippen LogP contribution in [0, 0.1) is 0 Å². The van der Waals surface area contributed by atoms with Crippen LogP contribution >= 0.6 is 23.2 Å². The van der Waals surface area contributed by atoms with Gasteiger partial charge in [-0.05, 0) is 72.4 Å². The zero-order valence-corrected chi connectivity index (χ0v) is 33.9. The molecule has 0 aliphatic carbocycles. The molecule has 0 aliphatic heterocycles. The Morgan fingerprint density at radius 1 is 0.660 bits per heavy atom. The first-order valence-electron chi connectivity index (χ1n) is 13.6. The molecule has 0 amide bonds. The number of benzene rings is 2. The summed E-state index contributed by atoms with van der Waals surface area (Å²) in [6, 6.07) is 7.30. The Labute approximate surface area is 341 Å². The number of aromatic nitrogens is 6. The fourth-order valence-electron chi connectivity index (χ4n) is 3.82. The number of nitrogens with one attached hydrogen (secondary N) is 4. The third-order valence-corrected chi connectivity index (χ3v) is 7.97. The monoisotopic (exact) mass is 786 g/mol. The molecule has 0 radical (unpaired) electrons. The number of rotatable bonds is 14. The Hall–Kier alpha value is -2.28. The maximum absolute atomic E-state index is 12.2. The molecule has 4 rings (SSSR count). The van der Waals surface area contributed by atoms with Crippen LogP contribution < -0.4 is 80.4 Å². The van der Waals surface area contributed by atoms with E-state index in [1.54, 1.807) is 0 Å². The summed E-state index contributed by atoms with van der Waals surface area (Å²) >= 11 is 11.9. The summed E-state index contributed by atoms with van der Waals surface area (Å²) in [7, 11) is -10.2. The maximum Gasteiger partial charge on any atom is 1.00 e. The first-order valence-corrected chi connectivity index (χ1v) is 17.1. The second-order valence-electron chi connectivity index (χ2n) is 9.96. The van der Waals surface area contributed by atoms with Gasteiger partial charge in [0.2, 0.25) is 34.4 Å². The van der Waals surface area contributed by atoms with Crippen molar-refractivity contribution in [3.05, 3.63) is 58.1 Å². The van der Waals surface area contributed by atoms with E-state index in [2.05, 4.69) is 51.2 Å². The minimum Gasteiger partial charge on any atom is -0.744 e. The topological polar surface area (TPSA) is 280 Å². The van der Waals surface area contributed by atoms with Gasteiger partial charge in [0, 0.05) is 24.5 Å². The van der Waals surface area contributed by atoms with Gasteiger partial charge >= 0.3 is 59.1 Å². The van der Waals surface area contributed by atoms with E-state index in [4.69, 9.17) is 23.2 Å². The van der Waals surface area contributed by atoms with Gasteiger partial charge in [0.05, 0.1) is 22.0 Å². The van der Waals surface area contributed by atoms with Crippen molar-refractivity contribution >= 4 is 90.8 Å². The molecule has 0 saturated heterocycles. The van der Waals surface area contributed by atoms with Gasteiger partial charge in [0.15, 0.2) is 0 Å². The fourth-order valence-corrected chi connectivity index (χ4v) is 5.53. The Bertz CT molecular complexity index is 1920. The average molecular weight is 788 g/mol. The van der Waals surface area contributed by atoms with Crippen LogP contribution in [0.5, 0.6) is 0 Å². The third kappa shape index (κ3) is 13.4. The van der Waals surface area contributed by atoms with Gasteiger partial charge in [0.1, 0.15) is 20.2 Å². The van der Waals surface area contributed by atoms with Crippen molar-refractivity contribution < 1.29 is 95.3 Å². The van der Waals surface area contributed by atoms with Crippen molar-refractivity contribution in [2.45, 2.75) is 35.8 Å². The number of aliphatic hydroxyl groups is 2. The predicted molar refractivity (Wildman–Crippen MR) is 174 cm³/mol. The molecule has 6 N–H and O–H groups in total. The Morgan fingerprint density at radius 3 is 1.32 bits per heavy atom. The minimum absolute atomic E-state index is 0. The summed E-state index contributed by atoms with van der Waals surface area (Å²) in [5.41, 5.74) is -0.105. The third-order valence-electron chi connectivity index (χ3n) is 5.85. The molecule has 0 aliphatic rings. The van der Waals surface area contributed by atoms with Crippen molar-refractivity contribution in [1.29, 1.82) is 0 Å². The van der Waals surface area contributed by atoms with Gasteiger partial charge in [0.25, 0.3) is 0 Å². The van der Waals surface area contributed by atoms with E-state index in [1.807, 2.05) is 0 Å². The summed E-state index contributed by atoms with van der Waals surface area (Å²) in [6.45, 7) is 3.28. The maximum atomic E-state index is 12.2. The fraction of sp³-hybridized carbons (Fsp3) is 0.231. The predicted octanol–water partition coefficient (Wildman–Crippen LogP) is -3.58. The molecule has 18 nitrogen and oxygen atoms in total. The number of hydrogen-bond donors (Lipinski definition) is 6. The molecule has 0 saturated carbocycles. The summed E-state index contributed by atoms with van der Waals surface area (Å²) < 4.78 is 73.1. The molecule has 2 aromatic carbocycles. The van der Waals surface area contributed by atoms with E-state index >= 15 is 0 Å². The normalized spacial score (nSPS) is 12.7. The van der Waals surface area contributed by atoms with Crippen molar-refractivity contribution in [2.75, 3.05) is 34.4 Å². The van der Waals surface area contributed by atoms with Crippen LogP contribution in [0.3, 0.4) is 0 Å². The van der Waals surface area contributed by atoms with Gasteiger partial charge < -0.3 is 40.6 Å². The molecule has 2 aromatic heterocycles. The second-order valence-corrected chi connectivity index (χ2v) is 13.3. The Balaban J connectivity index is 0.00000433. The largest absolute Gasteiger partial charge is 1.00 e. The summed E-state index contributed by atoms with van der Waals surface area (Å²) in [5, 5.41) is 29.4. The van der Waals surface area contributed by atoms with Gasteiger partial charge in [-0.2, -0.15) is 29.9 Å². The zero-order chi connectivity index (χ0) is 35.2. The standard InChI is InChI=1S/C26H28Cl2N10O8S2.2Na/c1-13(39)11-29-23-33-21(27)35-25(37-23)31-17-7-5-15(19(9-17)47(41,42)43)3-4-16-6-8-18(10-20(16)48(44,45)46)32-26-36-22(28)34-24(38-26)30-12-14(2)40;;/h3-10,13-14,39-40H,11-12H2,1-2H3,(H,41,42,43)(H,44,45,46)(H2,29,31,33,35,37)(H2,30,32,34,36,38);;/q;2*+1/p-2. The molecular formula is C26H26Cl2N10Na2O8S2. The van der Waals surface area contributed by atoms with Gasteiger partial charge in [-0.25, -0.2) is 16.8 Å². The van der Waals surface area contributed by atoms with Crippen LogP contribution in [0.25, 0.3) is 12.2 Å². The summed E-state index contributed by atoms with van der Waals surface area (Å²) in [5.74, 6) is -0.171. The molecular weight excluding hydrogens is 761 g/mol. The van der Waals surface area contributed by atoms with Crippen LogP contribution in [-0.2, 0) is 20.2 Å². The van der Waals surface area contributed by atoms with Crippen LogP contribution in [0.1, 0.15) is 25.0 Å². The SMILES string of the molecule is CC(O)CNc1nc(Cl)nc(Nc2ccc(C=Cc3ccc(Nc4nc(Cl)nc(NCC(C)O)n4)cc3S(=O)(=O)[O-])c(S(=O)(=O)[O-])c2)n1.[Na+].[Na+]. The van der Waals surface area contributed by atoms with Crippen molar-refractivity contribution in [2.24, 2.45) is 0 Å². The van der Waals surface area contributed by atoms with E-state index in [0.29, 0.717) is 0 Å². The zero-order valence-electron chi connectivity index (χ0n) is 26.8. The summed E-state index contributed by atoms with van der Waals surface area (Å²) in [6.07, 6.45) is 0.855. The number of anilines is 6. The quantitative estimate of drug-likeness (QED) is 0.0409. The van der Waals surface area contributed by atoms with Crippen molar-refractivity contribution in [1.82, 2.24) is 29.9 Å². The van der Waals surface area contributed by atoms with E-state index < -0.39 is 42.2 Å². The number of halogens is 2. The van der Waals surface area contributed by atoms with Crippen LogP contribution in [0.4, 0.5) is 35.2 Å². The van der Waals surface area contributed by atoms with E-state index in [-0.39, 0.29) is 129 Å². The van der Waals surface area contributed by atoms with Crippen LogP contribution in [0.15, 0.2) is 46.2 Å². The molecule has 2 heterocycles. The summed E-state index contributed by atoms with van der Waals surface area (Å²) in [4.78, 5) is 22.3. The van der Waals surface area contributed by atoms with E-state index in [0.717, 1.165) is 24.3 Å². The number of hydrogen-bond acceptors (Lipinski definition) is 18. The van der Waals surface area contributed by atoms with Crippen LogP contribution in [-0.4, -0.2) is 91.4 Å². The number of aliphatic hydroxyl groups excluding tert-OH is 2. The van der Waals surface area contributed by atoms with Gasteiger partial charge in [-0.1, -0.05) is 24.3 Å². The van der Waals surface area contributed by atoms with Crippen molar-refractivity contribution in [3.63, 3.8) is 0 Å². The van der Waals surface area contributed by atoms with E-state index in [9.17, 15) is 36.2 Å². The van der Waals surface area contributed by atoms with Gasteiger partial charge in [-0.3, -0.25) is 0 Å². The van der Waals surface area contributed by atoms with Gasteiger partial charge in [-0.15, -0.1) is 0 Å². The molecule has 0 fully saturated rings.